The summed E-state index contributed by atoms with van der Waals surface area (Å²) in [7, 11) is -2.15. The van der Waals surface area contributed by atoms with E-state index in [9.17, 15) is 23.1 Å². The van der Waals surface area contributed by atoms with Gasteiger partial charge >= 0.3 is 6.03 Å². The Hall–Kier alpha value is -3.35. The van der Waals surface area contributed by atoms with Gasteiger partial charge in [-0.3, -0.25) is 9.52 Å². The summed E-state index contributed by atoms with van der Waals surface area (Å²) in [5.41, 5.74) is 1.35. The van der Waals surface area contributed by atoms with Crippen LogP contribution in [0.1, 0.15) is 88.1 Å². The molecule has 2 aromatic carbocycles. The number of likely N-dealkylation sites (N-methyl/N-ethyl adjacent to an activating group) is 1. The summed E-state index contributed by atoms with van der Waals surface area (Å²) in [6.07, 6.45) is 7.21. The van der Waals surface area contributed by atoms with Crippen molar-refractivity contribution in [1.29, 1.82) is 0 Å². The van der Waals surface area contributed by atoms with Gasteiger partial charge in [0.1, 0.15) is 5.75 Å². The van der Waals surface area contributed by atoms with Crippen LogP contribution < -0.4 is 14.8 Å². The van der Waals surface area contributed by atoms with E-state index in [2.05, 4.69) is 10.0 Å². The Kier molecular flexibility index (Phi) is 13.5. The quantitative estimate of drug-likeness (QED) is 0.331. The highest BCUT2D eigenvalue weighted by Crippen LogP contribution is 2.30. The van der Waals surface area contributed by atoms with Crippen molar-refractivity contribution in [3.63, 3.8) is 0 Å². The van der Waals surface area contributed by atoms with E-state index in [1.165, 1.54) is 24.6 Å². The minimum atomic E-state index is -3.92. The van der Waals surface area contributed by atoms with Gasteiger partial charge in [-0.2, -0.15) is 0 Å². The minimum absolute atomic E-state index is 0.108. The predicted molar refractivity (Wildman–Crippen MR) is 187 cm³/mol. The maximum absolute atomic E-state index is 14.4. The number of amides is 3. The topological polar surface area (TPSA) is 138 Å². The number of ether oxygens (including phenoxy) is 2. The number of sulfonamides is 1. The number of hydrogen-bond acceptors (Lipinski definition) is 7. The number of nitrogens with one attached hydrogen (secondary N) is 2. The third-order valence-corrected chi connectivity index (χ3v) is 10.8. The molecule has 266 valence electrons. The summed E-state index contributed by atoms with van der Waals surface area (Å²) >= 11 is 0. The van der Waals surface area contributed by atoms with Gasteiger partial charge in [-0.1, -0.05) is 43.9 Å². The Labute approximate surface area is 286 Å². The Balaban J connectivity index is 1.61. The van der Waals surface area contributed by atoms with Crippen LogP contribution >= 0.6 is 0 Å². The normalized spacial score (nSPS) is 22.5. The molecule has 0 unspecified atom stereocenters. The number of aliphatic hydroxyl groups is 1. The fourth-order valence-electron chi connectivity index (χ4n) is 6.26. The van der Waals surface area contributed by atoms with Crippen LogP contribution in [0.4, 0.5) is 10.5 Å². The van der Waals surface area contributed by atoms with E-state index in [1.807, 2.05) is 20.8 Å². The first-order valence-corrected chi connectivity index (χ1v) is 18.8. The molecular weight excluding hydrogens is 632 g/mol. The van der Waals surface area contributed by atoms with Crippen LogP contribution in [0.15, 0.2) is 47.4 Å². The number of carbonyl (C=O) groups excluding carboxylic acids is 2. The zero-order chi connectivity index (χ0) is 34.8. The lowest BCUT2D eigenvalue weighted by Crippen LogP contribution is -2.50. The summed E-state index contributed by atoms with van der Waals surface area (Å²) < 4.78 is 41.7. The molecule has 48 heavy (non-hydrogen) atoms. The zero-order valence-corrected chi connectivity index (χ0v) is 29.9. The maximum atomic E-state index is 14.4. The number of rotatable bonds is 8. The average molecular weight is 687 g/mol. The van der Waals surface area contributed by atoms with Crippen LogP contribution in [0.5, 0.6) is 5.75 Å². The summed E-state index contributed by atoms with van der Waals surface area (Å²) in [5, 5.41) is 13.4. The first-order chi connectivity index (χ1) is 22.9. The van der Waals surface area contributed by atoms with Crippen LogP contribution in [0.25, 0.3) is 0 Å². The summed E-state index contributed by atoms with van der Waals surface area (Å²) in [6.45, 7) is 8.37. The molecule has 0 aromatic heterocycles. The van der Waals surface area contributed by atoms with Crippen molar-refractivity contribution in [2.75, 3.05) is 38.1 Å². The van der Waals surface area contributed by atoms with Crippen molar-refractivity contribution in [3.8, 4) is 5.75 Å². The summed E-state index contributed by atoms with van der Waals surface area (Å²) in [4.78, 5) is 30.9. The fraction of sp³-hybridized carbons (Fsp3) is 0.611. The second-order valence-corrected chi connectivity index (χ2v) is 15.3. The molecule has 0 radical (unpaired) electrons. The minimum Gasteiger partial charge on any atom is -0.490 e. The van der Waals surface area contributed by atoms with Gasteiger partial charge in [0.2, 0.25) is 0 Å². The lowest BCUT2D eigenvalue weighted by molar-refractivity contribution is -0.0123. The van der Waals surface area contributed by atoms with Gasteiger partial charge in [-0.15, -0.1) is 0 Å². The van der Waals surface area contributed by atoms with Crippen molar-refractivity contribution < 1.29 is 32.6 Å². The lowest BCUT2D eigenvalue weighted by atomic mass is 9.96. The van der Waals surface area contributed by atoms with Gasteiger partial charge in [-0.25, -0.2) is 13.2 Å². The van der Waals surface area contributed by atoms with E-state index in [4.69, 9.17) is 9.47 Å². The molecule has 3 N–H and O–H groups in total. The highest BCUT2D eigenvalue weighted by atomic mass is 32.2. The summed E-state index contributed by atoms with van der Waals surface area (Å²) in [6, 6.07) is 10.7. The third kappa shape index (κ3) is 10.3. The molecule has 2 aromatic rings. The van der Waals surface area contributed by atoms with Crippen molar-refractivity contribution in [3.05, 3.63) is 53.6 Å². The van der Waals surface area contributed by atoms with Crippen LogP contribution in [0, 0.1) is 12.8 Å². The number of carbonyl (C=O) groups is 2. The first kappa shape index (κ1) is 37.5. The first-order valence-electron chi connectivity index (χ1n) is 17.3. The molecule has 0 bridgehead atoms. The lowest BCUT2D eigenvalue weighted by Gasteiger charge is -2.36. The molecule has 2 aliphatic rings. The van der Waals surface area contributed by atoms with Crippen molar-refractivity contribution in [2.45, 2.75) is 108 Å². The number of aryl methyl sites for hydroxylation is 1. The SMILES string of the molecule is Cc1ccc(S(=O)(=O)Nc2ccc3c(c2)C(=O)N([C@H](C)CO)C[C@H](C)[C@@H](CN(C)C(=O)NC2CCCCC2)OCCCC[C@H](C)O3)cc1. The van der Waals surface area contributed by atoms with Crippen LogP contribution in [0.2, 0.25) is 0 Å². The van der Waals surface area contributed by atoms with E-state index in [-0.39, 0.29) is 59.5 Å². The molecule has 4 rings (SSSR count). The predicted octanol–water partition coefficient (Wildman–Crippen LogP) is 5.57. The van der Waals surface area contributed by atoms with Crippen molar-refractivity contribution >= 4 is 27.6 Å². The number of urea groups is 1. The molecule has 1 saturated carbocycles. The standard InChI is InChI=1S/C36H54N4O7S/c1-25-14-17-31(18-15-25)48(44,45)38-30-16-19-33-32(21-30)35(42)40(27(3)24-41)22-26(2)34(46-20-10-9-11-28(4)47-33)23-39(5)36(43)37-29-12-7-6-8-13-29/h14-19,21,26-29,34,38,41H,6-13,20,22-24H2,1-5H3,(H,37,43)/t26-,27+,28-,34+/m0/s1. The second kappa shape index (κ2) is 17.3. The van der Waals surface area contributed by atoms with Crippen LogP contribution in [-0.2, 0) is 14.8 Å². The molecule has 4 atom stereocenters. The molecule has 12 heteroatoms. The largest absolute Gasteiger partial charge is 0.490 e. The Morgan fingerprint density at radius 2 is 1.73 bits per heavy atom. The van der Waals surface area contributed by atoms with Gasteiger partial charge < -0.3 is 29.7 Å². The highest BCUT2D eigenvalue weighted by Gasteiger charge is 2.31. The fourth-order valence-corrected chi connectivity index (χ4v) is 7.31. The molecule has 1 fully saturated rings. The Morgan fingerprint density at radius 3 is 2.42 bits per heavy atom. The van der Waals surface area contributed by atoms with Gasteiger partial charge in [-0.05, 0) is 83.2 Å². The zero-order valence-electron chi connectivity index (χ0n) is 29.1. The van der Waals surface area contributed by atoms with E-state index in [0.29, 0.717) is 18.9 Å². The Bertz CT molecular complexity index is 1460. The average Bonchev–Trinajstić information content (AvgIpc) is 3.06. The highest BCUT2D eigenvalue weighted by molar-refractivity contribution is 7.92. The van der Waals surface area contributed by atoms with Gasteiger partial charge in [0.05, 0.1) is 35.3 Å². The molecular formula is C36H54N4O7S. The van der Waals surface area contributed by atoms with E-state index in [0.717, 1.165) is 50.5 Å². The Morgan fingerprint density at radius 1 is 1.04 bits per heavy atom. The number of anilines is 1. The van der Waals surface area contributed by atoms with Crippen LogP contribution in [0.3, 0.4) is 0 Å². The van der Waals surface area contributed by atoms with Crippen molar-refractivity contribution in [2.24, 2.45) is 5.92 Å². The number of nitrogens with zero attached hydrogens (tertiary/aromatic N) is 2. The van der Waals surface area contributed by atoms with E-state index >= 15 is 0 Å². The molecule has 1 heterocycles. The van der Waals surface area contributed by atoms with Crippen LogP contribution in [-0.4, -0.2) is 92.9 Å². The third-order valence-electron chi connectivity index (χ3n) is 9.37. The monoisotopic (exact) mass is 686 g/mol. The van der Waals surface area contributed by atoms with E-state index < -0.39 is 22.0 Å². The molecule has 1 aliphatic carbocycles. The maximum Gasteiger partial charge on any atom is 0.317 e. The van der Waals surface area contributed by atoms with Gasteiger partial charge in [0.25, 0.3) is 15.9 Å². The molecule has 11 nitrogen and oxygen atoms in total. The molecule has 0 spiro atoms. The smallest absolute Gasteiger partial charge is 0.317 e. The van der Waals surface area contributed by atoms with Gasteiger partial charge in [0, 0.05) is 44.4 Å². The number of aliphatic hydroxyl groups excluding tert-OH is 1. The van der Waals surface area contributed by atoms with E-state index in [1.54, 1.807) is 48.0 Å². The van der Waals surface area contributed by atoms with Gasteiger partial charge in [0.15, 0.2) is 0 Å². The molecule has 3 amide bonds. The number of fused-ring (bicyclic) bond motifs is 1. The molecule has 1 aliphatic heterocycles. The number of benzene rings is 2. The second-order valence-electron chi connectivity index (χ2n) is 13.6. The number of hydrogen-bond donors (Lipinski definition) is 3. The summed E-state index contributed by atoms with van der Waals surface area (Å²) in [5.74, 6) is -0.263. The van der Waals surface area contributed by atoms with Crippen molar-refractivity contribution in [1.82, 2.24) is 15.1 Å². The molecule has 0 saturated heterocycles.